The minimum Gasteiger partial charge on any atom is -0.421 e. The van der Waals surface area contributed by atoms with E-state index in [1.54, 1.807) is 37.4 Å². The van der Waals surface area contributed by atoms with Crippen molar-refractivity contribution in [2.45, 2.75) is 0 Å². The zero-order chi connectivity index (χ0) is 23.6. The third kappa shape index (κ3) is 2.59. The summed E-state index contributed by atoms with van der Waals surface area (Å²) in [5.74, 6) is 2.25. The largest absolute Gasteiger partial charge is 0.421 e. The molecule has 0 unspecified atom stereocenters. The number of hydrogen-bond donors (Lipinski definition) is 0. The van der Waals surface area contributed by atoms with Gasteiger partial charge < -0.3 is 4.42 Å². The SMILES string of the molecule is c1cc(-n2nccc2-n2ccnc2)c2oc3nc4ccc(-n5nccc5-n5ccnc5)cc4n3c2c1. The molecule has 0 bridgehead atoms. The highest BCUT2D eigenvalue weighted by molar-refractivity contribution is 5.92. The van der Waals surface area contributed by atoms with Crippen LogP contribution < -0.4 is 0 Å². The second-order valence-corrected chi connectivity index (χ2v) is 8.27. The minimum absolute atomic E-state index is 0.510. The lowest BCUT2D eigenvalue weighted by Gasteiger charge is -2.09. The van der Waals surface area contributed by atoms with Crippen molar-refractivity contribution in [3.63, 3.8) is 0 Å². The summed E-state index contributed by atoms with van der Waals surface area (Å²) in [6.07, 6.45) is 14.3. The second-order valence-electron chi connectivity index (χ2n) is 8.27. The van der Waals surface area contributed by atoms with Crippen molar-refractivity contribution < 1.29 is 4.42 Å². The molecule has 11 nitrogen and oxygen atoms in total. The van der Waals surface area contributed by atoms with Gasteiger partial charge in [0, 0.05) is 36.9 Å². The third-order valence-corrected chi connectivity index (χ3v) is 6.27. The van der Waals surface area contributed by atoms with E-state index < -0.39 is 0 Å². The van der Waals surface area contributed by atoms with E-state index in [0.29, 0.717) is 11.4 Å². The van der Waals surface area contributed by atoms with Gasteiger partial charge in [-0.2, -0.15) is 15.2 Å². The van der Waals surface area contributed by atoms with Crippen molar-refractivity contribution >= 4 is 28.0 Å². The number of imidazole rings is 3. The molecule has 2 aromatic carbocycles. The van der Waals surface area contributed by atoms with Gasteiger partial charge in [0.25, 0.3) is 0 Å². The van der Waals surface area contributed by atoms with Crippen molar-refractivity contribution in [1.82, 2.24) is 48.0 Å². The molecule has 0 radical (unpaired) electrons. The van der Waals surface area contributed by atoms with E-state index in [0.717, 1.165) is 39.6 Å². The minimum atomic E-state index is 0.510. The lowest BCUT2D eigenvalue weighted by molar-refractivity contribution is 0.637. The molecule has 8 aromatic rings. The van der Waals surface area contributed by atoms with Crippen molar-refractivity contribution in [3.8, 4) is 23.0 Å². The number of benzene rings is 2. The Kier molecular flexibility index (Phi) is 3.69. The van der Waals surface area contributed by atoms with Crippen molar-refractivity contribution in [1.29, 1.82) is 0 Å². The van der Waals surface area contributed by atoms with Gasteiger partial charge in [-0.1, -0.05) is 6.07 Å². The number of nitrogens with zero attached hydrogens (tertiary/aromatic N) is 10. The van der Waals surface area contributed by atoms with Crippen LogP contribution in [-0.2, 0) is 0 Å². The number of fused-ring (bicyclic) bond motifs is 5. The lowest BCUT2D eigenvalue weighted by atomic mass is 10.2. The third-order valence-electron chi connectivity index (χ3n) is 6.27. The van der Waals surface area contributed by atoms with Crippen LogP contribution in [0, 0.1) is 0 Å². The zero-order valence-electron chi connectivity index (χ0n) is 18.6. The molecule has 6 heterocycles. The van der Waals surface area contributed by atoms with E-state index in [9.17, 15) is 0 Å². The summed E-state index contributed by atoms with van der Waals surface area (Å²) in [6, 6.07) is 15.9. The monoisotopic (exact) mass is 472 g/mol. The smallest absolute Gasteiger partial charge is 0.307 e. The fraction of sp³-hybridized carbons (Fsp3) is 0. The quantitative estimate of drug-likeness (QED) is 0.384. The summed E-state index contributed by atoms with van der Waals surface area (Å²) in [5, 5.41) is 9.09. The highest BCUT2D eigenvalue weighted by atomic mass is 16.4. The molecule has 0 fully saturated rings. The maximum Gasteiger partial charge on any atom is 0.307 e. The predicted molar refractivity (Wildman–Crippen MR) is 131 cm³/mol. The molecule has 172 valence electrons. The van der Waals surface area contributed by atoms with E-state index in [-0.39, 0.29) is 0 Å². The molecule has 11 heteroatoms. The molecule has 0 spiro atoms. The van der Waals surface area contributed by atoms with Crippen molar-refractivity contribution in [3.05, 3.63) is 98.4 Å². The van der Waals surface area contributed by atoms with Crippen LogP contribution in [0.2, 0.25) is 0 Å². The Balaban J connectivity index is 1.34. The highest BCUT2D eigenvalue weighted by Crippen LogP contribution is 2.31. The summed E-state index contributed by atoms with van der Waals surface area (Å²) in [5.41, 5.74) is 5.05. The van der Waals surface area contributed by atoms with Crippen molar-refractivity contribution in [2.75, 3.05) is 0 Å². The standard InChI is InChI=1S/C25H16N10O/c1-2-19-24(20(3-1)35-23(7-9-29-35)32-13-11-27-16-32)36-25-30-18-5-4-17(14-21(18)33(19)25)34-22(6-8-28-34)31-12-10-26-15-31/h1-16H. The second kappa shape index (κ2) is 7.03. The van der Waals surface area contributed by atoms with Crippen molar-refractivity contribution in [2.24, 2.45) is 0 Å². The van der Waals surface area contributed by atoms with Gasteiger partial charge in [-0.3, -0.25) is 13.5 Å². The van der Waals surface area contributed by atoms with Gasteiger partial charge in [0.15, 0.2) is 5.58 Å². The average Bonchev–Trinajstić information content (AvgIpc) is 3.74. The van der Waals surface area contributed by atoms with Gasteiger partial charge in [0.2, 0.25) is 0 Å². The van der Waals surface area contributed by atoms with E-state index in [1.165, 1.54) is 0 Å². The van der Waals surface area contributed by atoms with Crippen LogP contribution >= 0.6 is 0 Å². The normalized spacial score (nSPS) is 11.9. The van der Waals surface area contributed by atoms with Crippen LogP contribution in [0.3, 0.4) is 0 Å². The molecule has 0 N–H and O–H groups in total. The molecule has 6 aromatic heterocycles. The number of hydrogen-bond acceptors (Lipinski definition) is 6. The molecule has 0 aliphatic rings. The number of para-hydroxylation sites is 1. The van der Waals surface area contributed by atoms with Crippen LogP contribution in [0.4, 0.5) is 0 Å². The number of aromatic nitrogens is 10. The molecule has 0 aliphatic heterocycles. The lowest BCUT2D eigenvalue weighted by Crippen LogP contribution is -2.04. The van der Waals surface area contributed by atoms with E-state index >= 15 is 0 Å². The van der Waals surface area contributed by atoms with Gasteiger partial charge in [-0.25, -0.2) is 19.3 Å². The van der Waals surface area contributed by atoms with E-state index in [2.05, 4.69) is 26.2 Å². The zero-order valence-corrected chi connectivity index (χ0v) is 18.6. The van der Waals surface area contributed by atoms with Gasteiger partial charge in [-0.05, 0) is 30.3 Å². The summed E-state index contributed by atoms with van der Waals surface area (Å²) < 4.78 is 15.9. The van der Waals surface area contributed by atoms with Crippen LogP contribution in [-0.4, -0.2) is 48.0 Å². The Bertz CT molecular complexity index is 2000. The van der Waals surface area contributed by atoms with E-state index in [4.69, 9.17) is 9.40 Å². The van der Waals surface area contributed by atoms with Gasteiger partial charge in [0.1, 0.15) is 30.0 Å². The Morgan fingerprint density at radius 2 is 1.44 bits per heavy atom. The molecule has 0 atom stereocenters. The van der Waals surface area contributed by atoms with E-state index in [1.807, 2.05) is 77.8 Å². The molecular weight excluding hydrogens is 456 g/mol. The molecule has 0 saturated heterocycles. The summed E-state index contributed by atoms with van der Waals surface area (Å²) in [6.45, 7) is 0. The molecule has 0 amide bonds. The van der Waals surface area contributed by atoms with Crippen LogP contribution in [0.1, 0.15) is 0 Å². The highest BCUT2D eigenvalue weighted by Gasteiger charge is 2.19. The molecule has 8 rings (SSSR count). The first-order valence-corrected chi connectivity index (χ1v) is 11.2. The molecule has 36 heavy (non-hydrogen) atoms. The first kappa shape index (κ1) is 18.9. The maximum absolute atomic E-state index is 6.31. The Morgan fingerprint density at radius 1 is 0.694 bits per heavy atom. The van der Waals surface area contributed by atoms with Gasteiger partial charge in [0.05, 0.1) is 34.6 Å². The van der Waals surface area contributed by atoms with Gasteiger partial charge >= 0.3 is 5.84 Å². The topological polar surface area (TPSA) is 102 Å². The van der Waals surface area contributed by atoms with Gasteiger partial charge in [-0.15, -0.1) is 0 Å². The molecule has 0 saturated carbocycles. The Hall–Kier alpha value is -5.45. The molecular formula is C25H16N10O. The number of rotatable bonds is 4. The Labute approximate surface area is 202 Å². The van der Waals surface area contributed by atoms with Crippen LogP contribution in [0.15, 0.2) is 103 Å². The first-order chi connectivity index (χ1) is 17.8. The summed E-state index contributed by atoms with van der Waals surface area (Å²) in [4.78, 5) is 13.1. The van der Waals surface area contributed by atoms with Crippen LogP contribution in [0.25, 0.3) is 51.0 Å². The number of oxazole rings is 1. The predicted octanol–water partition coefficient (Wildman–Crippen LogP) is 3.98. The fourth-order valence-corrected chi connectivity index (χ4v) is 4.68. The Morgan fingerprint density at radius 3 is 2.19 bits per heavy atom. The fourth-order valence-electron chi connectivity index (χ4n) is 4.68. The first-order valence-electron chi connectivity index (χ1n) is 11.2. The van der Waals surface area contributed by atoms with Crippen LogP contribution in [0.5, 0.6) is 0 Å². The average molecular weight is 472 g/mol. The molecule has 0 aliphatic carbocycles. The summed E-state index contributed by atoms with van der Waals surface area (Å²) in [7, 11) is 0. The maximum atomic E-state index is 6.31. The summed E-state index contributed by atoms with van der Waals surface area (Å²) >= 11 is 0.